The highest BCUT2D eigenvalue weighted by atomic mass is 16.3. The smallest absolute Gasteiger partial charge is 0.252 e. The molecular weight excluding hydrogens is 256 g/mol. The van der Waals surface area contributed by atoms with Gasteiger partial charge in [0.1, 0.15) is 5.75 Å². The van der Waals surface area contributed by atoms with Crippen molar-refractivity contribution in [3.63, 3.8) is 0 Å². The molecule has 0 fully saturated rings. The van der Waals surface area contributed by atoms with Crippen LogP contribution < -0.4 is 10.9 Å². The first-order valence-corrected chi connectivity index (χ1v) is 6.40. The van der Waals surface area contributed by atoms with E-state index in [9.17, 15) is 9.59 Å². The van der Waals surface area contributed by atoms with Crippen molar-refractivity contribution in [1.29, 1.82) is 0 Å². The molecule has 0 unspecified atom stereocenters. The molecular formula is C15H16N2O3. The summed E-state index contributed by atoms with van der Waals surface area (Å²) in [5, 5.41) is 12.0. The van der Waals surface area contributed by atoms with Crippen LogP contribution in [-0.4, -0.2) is 22.5 Å². The number of carbonyl (C=O) groups excluding carboxylic acids is 1. The van der Waals surface area contributed by atoms with Gasteiger partial charge in [-0.05, 0) is 36.6 Å². The van der Waals surface area contributed by atoms with Crippen molar-refractivity contribution in [2.75, 3.05) is 6.54 Å². The molecule has 0 saturated heterocycles. The third-order valence-electron chi connectivity index (χ3n) is 2.91. The fourth-order valence-corrected chi connectivity index (χ4v) is 1.81. The maximum Gasteiger partial charge on any atom is 0.252 e. The number of aryl methyl sites for hydroxylation is 1. The van der Waals surface area contributed by atoms with Crippen LogP contribution in [0.15, 0.2) is 47.4 Å². The van der Waals surface area contributed by atoms with Gasteiger partial charge in [0, 0.05) is 18.8 Å². The van der Waals surface area contributed by atoms with Gasteiger partial charge in [-0.15, -0.1) is 0 Å². The quantitative estimate of drug-likeness (QED) is 0.720. The first-order valence-electron chi connectivity index (χ1n) is 6.40. The van der Waals surface area contributed by atoms with E-state index >= 15 is 0 Å². The molecule has 2 aromatic rings. The van der Waals surface area contributed by atoms with Crippen LogP contribution in [0.25, 0.3) is 0 Å². The molecule has 1 aromatic carbocycles. The Labute approximate surface area is 116 Å². The minimum atomic E-state index is -0.228. The second-order valence-corrected chi connectivity index (χ2v) is 4.47. The molecule has 0 aliphatic rings. The number of amides is 1. The number of aromatic amines is 1. The largest absolute Gasteiger partial charge is 0.508 e. The van der Waals surface area contributed by atoms with E-state index in [-0.39, 0.29) is 17.2 Å². The number of benzene rings is 1. The fraction of sp³-hybridized carbons (Fsp3) is 0.200. The number of aromatic nitrogens is 1. The van der Waals surface area contributed by atoms with Gasteiger partial charge in [-0.25, -0.2) is 0 Å². The summed E-state index contributed by atoms with van der Waals surface area (Å²) in [7, 11) is 0. The molecule has 104 valence electrons. The highest BCUT2D eigenvalue weighted by Crippen LogP contribution is 2.10. The zero-order valence-corrected chi connectivity index (χ0v) is 10.9. The third kappa shape index (κ3) is 3.98. The van der Waals surface area contributed by atoms with Gasteiger partial charge >= 0.3 is 0 Å². The van der Waals surface area contributed by atoms with Gasteiger partial charge in [0.15, 0.2) is 0 Å². The van der Waals surface area contributed by atoms with Gasteiger partial charge in [0.2, 0.25) is 5.56 Å². The van der Waals surface area contributed by atoms with E-state index in [4.69, 9.17) is 5.11 Å². The lowest BCUT2D eigenvalue weighted by molar-refractivity contribution is 0.0953. The molecule has 20 heavy (non-hydrogen) atoms. The van der Waals surface area contributed by atoms with E-state index in [0.29, 0.717) is 12.1 Å². The van der Waals surface area contributed by atoms with Crippen molar-refractivity contribution < 1.29 is 9.90 Å². The van der Waals surface area contributed by atoms with Crippen molar-refractivity contribution in [2.24, 2.45) is 0 Å². The Morgan fingerprint density at radius 3 is 2.55 bits per heavy atom. The molecule has 0 aliphatic carbocycles. The maximum absolute atomic E-state index is 11.7. The molecule has 2 rings (SSSR count). The number of carbonyl (C=O) groups is 1. The summed E-state index contributed by atoms with van der Waals surface area (Å²) in [6.45, 7) is 0.554. The van der Waals surface area contributed by atoms with Crippen LogP contribution >= 0.6 is 0 Å². The van der Waals surface area contributed by atoms with E-state index in [1.54, 1.807) is 12.1 Å². The zero-order chi connectivity index (χ0) is 14.4. The predicted molar refractivity (Wildman–Crippen MR) is 75.8 cm³/mol. The Bertz CT molecular complexity index is 612. The van der Waals surface area contributed by atoms with Crippen LogP contribution in [-0.2, 0) is 6.42 Å². The first-order chi connectivity index (χ1) is 9.65. The normalized spacial score (nSPS) is 10.2. The van der Waals surface area contributed by atoms with Crippen LogP contribution in [0, 0.1) is 0 Å². The minimum Gasteiger partial charge on any atom is -0.508 e. The maximum atomic E-state index is 11.7. The third-order valence-corrected chi connectivity index (χ3v) is 2.91. The van der Waals surface area contributed by atoms with Crippen molar-refractivity contribution in [3.05, 3.63) is 64.1 Å². The number of phenolic OH excluding ortho intramolecular Hbond substituents is 1. The molecule has 1 amide bonds. The minimum absolute atomic E-state index is 0.202. The van der Waals surface area contributed by atoms with Crippen LogP contribution in [0.3, 0.4) is 0 Å². The molecule has 0 spiro atoms. The van der Waals surface area contributed by atoms with E-state index in [1.165, 1.54) is 18.3 Å². The standard InChI is InChI=1S/C15H16N2O3/c18-13-6-3-11(4-7-13)2-1-9-16-15(20)12-5-8-14(19)17-10-12/h3-8,10,18H,1-2,9H2,(H,16,20)(H,17,19). The Balaban J connectivity index is 1.75. The molecule has 5 heteroatoms. The van der Waals surface area contributed by atoms with Gasteiger partial charge in [0.25, 0.3) is 5.91 Å². The van der Waals surface area contributed by atoms with E-state index in [0.717, 1.165) is 18.4 Å². The summed E-state index contributed by atoms with van der Waals surface area (Å²) in [5.41, 5.74) is 1.32. The lowest BCUT2D eigenvalue weighted by Gasteiger charge is -2.05. The second-order valence-electron chi connectivity index (χ2n) is 4.47. The van der Waals surface area contributed by atoms with E-state index in [1.807, 2.05) is 12.1 Å². The Morgan fingerprint density at radius 1 is 1.15 bits per heavy atom. The zero-order valence-electron chi connectivity index (χ0n) is 10.9. The lowest BCUT2D eigenvalue weighted by Crippen LogP contribution is -2.25. The number of hydrogen-bond donors (Lipinski definition) is 3. The number of aromatic hydroxyl groups is 1. The summed E-state index contributed by atoms with van der Waals surface area (Å²) in [6.07, 6.45) is 3.03. The van der Waals surface area contributed by atoms with Gasteiger partial charge in [-0.2, -0.15) is 0 Å². The first kappa shape index (κ1) is 13.9. The number of rotatable bonds is 5. The number of phenols is 1. The molecule has 5 nitrogen and oxygen atoms in total. The van der Waals surface area contributed by atoms with Crippen LogP contribution in [0.4, 0.5) is 0 Å². The lowest BCUT2D eigenvalue weighted by atomic mass is 10.1. The average molecular weight is 272 g/mol. The van der Waals surface area contributed by atoms with Gasteiger partial charge in [0.05, 0.1) is 5.56 Å². The van der Waals surface area contributed by atoms with Gasteiger partial charge in [-0.3, -0.25) is 9.59 Å². The molecule has 0 atom stereocenters. The van der Waals surface area contributed by atoms with E-state index in [2.05, 4.69) is 10.3 Å². The Kier molecular flexibility index (Phi) is 4.55. The highest BCUT2D eigenvalue weighted by molar-refractivity contribution is 5.93. The van der Waals surface area contributed by atoms with Crippen LogP contribution in [0.2, 0.25) is 0 Å². The van der Waals surface area contributed by atoms with E-state index < -0.39 is 0 Å². The van der Waals surface area contributed by atoms with Crippen LogP contribution in [0.1, 0.15) is 22.3 Å². The van der Waals surface area contributed by atoms with Gasteiger partial charge in [-0.1, -0.05) is 12.1 Å². The van der Waals surface area contributed by atoms with Crippen molar-refractivity contribution in [2.45, 2.75) is 12.8 Å². The summed E-state index contributed by atoms with van der Waals surface area (Å²) in [6, 6.07) is 9.83. The SMILES string of the molecule is O=C(NCCCc1ccc(O)cc1)c1ccc(=O)[nH]c1. The summed E-state index contributed by atoms with van der Waals surface area (Å²) >= 11 is 0. The molecule has 0 radical (unpaired) electrons. The Morgan fingerprint density at radius 2 is 1.90 bits per heavy atom. The second kappa shape index (κ2) is 6.56. The molecule has 0 saturated carbocycles. The van der Waals surface area contributed by atoms with Crippen LogP contribution in [0.5, 0.6) is 5.75 Å². The topological polar surface area (TPSA) is 82.2 Å². The summed E-state index contributed by atoms with van der Waals surface area (Å²) < 4.78 is 0. The highest BCUT2D eigenvalue weighted by Gasteiger charge is 2.04. The van der Waals surface area contributed by atoms with Crippen molar-refractivity contribution in [3.8, 4) is 5.75 Å². The molecule has 3 N–H and O–H groups in total. The number of pyridine rings is 1. The number of hydrogen-bond acceptors (Lipinski definition) is 3. The summed E-state index contributed by atoms with van der Waals surface area (Å²) in [4.78, 5) is 25.1. The average Bonchev–Trinajstić information content (AvgIpc) is 2.46. The monoisotopic (exact) mass is 272 g/mol. The fourth-order valence-electron chi connectivity index (χ4n) is 1.81. The molecule has 0 bridgehead atoms. The molecule has 1 heterocycles. The Hall–Kier alpha value is -2.56. The predicted octanol–water partition coefficient (Wildman–Crippen LogP) is 1.44. The molecule has 0 aliphatic heterocycles. The van der Waals surface area contributed by atoms with Crippen molar-refractivity contribution >= 4 is 5.91 Å². The van der Waals surface area contributed by atoms with Crippen molar-refractivity contribution in [1.82, 2.24) is 10.3 Å². The van der Waals surface area contributed by atoms with Gasteiger partial charge < -0.3 is 15.4 Å². The number of H-pyrrole nitrogens is 1. The number of nitrogens with one attached hydrogen (secondary N) is 2. The summed E-state index contributed by atoms with van der Waals surface area (Å²) in [5.74, 6) is 0.0482. The molecule has 1 aromatic heterocycles.